The van der Waals surface area contributed by atoms with Crippen LogP contribution in [-0.2, 0) is 14.8 Å². The first-order valence-corrected chi connectivity index (χ1v) is 11.2. The normalized spacial score (nSPS) is 11.5. The number of aromatic nitrogens is 2. The minimum Gasteiger partial charge on any atom is -0.324 e. The second-order valence-electron chi connectivity index (χ2n) is 7.58. The van der Waals surface area contributed by atoms with Crippen LogP contribution in [0.2, 0.25) is 0 Å². The van der Waals surface area contributed by atoms with Gasteiger partial charge < -0.3 is 5.32 Å². The summed E-state index contributed by atoms with van der Waals surface area (Å²) in [5.74, 6) is -0.828. The Balaban J connectivity index is 1.99. The van der Waals surface area contributed by atoms with Gasteiger partial charge in [-0.1, -0.05) is 32.0 Å². The van der Waals surface area contributed by atoms with Crippen LogP contribution in [0.25, 0.3) is 0 Å². The summed E-state index contributed by atoms with van der Waals surface area (Å²) < 4.78 is 41.5. The van der Waals surface area contributed by atoms with Crippen molar-refractivity contribution < 1.29 is 17.6 Å². The predicted molar refractivity (Wildman–Crippen MR) is 118 cm³/mol. The van der Waals surface area contributed by atoms with E-state index in [4.69, 9.17) is 0 Å². The van der Waals surface area contributed by atoms with Crippen LogP contribution >= 0.6 is 0 Å². The average molecular weight is 445 g/mol. The molecule has 0 unspecified atom stereocenters. The molecule has 3 rings (SSSR count). The second kappa shape index (κ2) is 8.89. The minimum absolute atomic E-state index is 0.0268. The lowest BCUT2D eigenvalue weighted by Gasteiger charge is -2.24. The van der Waals surface area contributed by atoms with Crippen LogP contribution in [0.15, 0.2) is 53.4 Å². The summed E-state index contributed by atoms with van der Waals surface area (Å²) in [5.41, 5.74) is 2.33. The first-order valence-electron chi connectivity index (χ1n) is 9.79. The van der Waals surface area contributed by atoms with E-state index in [-0.39, 0.29) is 16.5 Å². The van der Waals surface area contributed by atoms with Gasteiger partial charge in [-0.2, -0.15) is 5.10 Å². The Bertz CT molecular complexity index is 1170. The monoisotopic (exact) mass is 444 g/mol. The number of aromatic amines is 1. The van der Waals surface area contributed by atoms with E-state index in [9.17, 15) is 17.6 Å². The molecule has 1 heterocycles. The van der Waals surface area contributed by atoms with E-state index in [1.165, 1.54) is 24.3 Å². The molecule has 0 spiro atoms. The number of nitrogens with zero attached hydrogens (tertiary/aromatic N) is 2. The molecule has 0 atom stereocenters. The third-order valence-electron chi connectivity index (χ3n) is 4.85. The molecule has 2 aromatic carbocycles. The summed E-state index contributed by atoms with van der Waals surface area (Å²) in [4.78, 5) is 12.7. The van der Waals surface area contributed by atoms with Crippen molar-refractivity contribution in [1.29, 1.82) is 0 Å². The van der Waals surface area contributed by atoms with E-state index in [1.807, 2.05) is 26.0 Å². The van der Waals surface area contributed by atoms with Crippen molar-refractivity contribution in [1.82, 2.24) is 10.2 Å². The van der Waals surface area contributed by atoms with Gasteiger partial charge in [-0.15, -0.1) is 0 Å². The van der Waals surface area contributed by atoms with Crippen LogP contribution in [0.4, 0.5) is 15.8 Å². The Labute approximate surface area is 181 Å². The third-order valence-corrected chi connectivity index (χ3v) is 6.89. The minimum atomic E-state index is -4.10. The molecular formula is C22H25FN4O3S. The zero-order valence-electron chi connectivity index (χ0n) is 17.8. The van der Waals surface area contributed by atoms with E-state index in [0.29, 0.717) is 17.1 Å². The summed E-state index contributed by atoms with van der Waals surface area (Å²) in [7, 11) is -4.10. The van der Waals surface area contributed by atoms with Crippen molar-refractivity contribution in [3.8, 4) is 0 Å². The van der Waals surface area contributed by atoms with Gasteiger partial charge in [-0.3, -0.25) is 14.2 Å². The van der Waals surface area contributed by atoms with Gasteiger partial charge in [-0.05, 0) is 55.7 Å². The average Bonchev–Trinajstić information content (AvgIpc) is 3.05. The van der Waals surface area contributed by atoms with Crippen molar-refractivity contribution >= 4 is 27.3 Å². The lowest BCUT2D eigenvalue weighted by atomic mass is 10.0. The number of amides is 1. The number of carbonyl (C=O) groups is 1. The van der Waals surface area contributed by atoms with E-state index in [2.05, 4.69) is 15.5 Å². The van der Waals surface area contributed by atoms with Crippen LogP contribution in [0.1, 0.15) is 36.7 Å². The first-order chi connectivity index (χ1) is 14.6. The number of halogens is 1. The standard InChI is InChI=1S/C22H25FN4O3S/c1-14(2)17-8-10-20(11-9-17)27(31(29,30)22-15(3)25-26-16(22)4)13-21(28)24-19-7-5-6-18(23)12-19/h5-12,14H,13H2,1-4H3,(H,24,28)(H,25,26). The van der Waals surface area contributed by atoms with Gasteiger partial charge in [0, 0.05) is 5.69 Å². The molecule has 0 aliphatic rings. The highest BCUT2D eigenvalue weighted by Crippen LogP contribution is 2.28. The Kier molecular flexibility index (Phi) is 6.45. The molecule has 31 heavy (non-hydrogen) atoms. The SMILES string of the molecule is Cc1n[nH]c(C)c1S(=O)(=O)N(CC(=O)Nc1cccc(F)c1)c1ccc(C(C)C)cc1. The number of hydrogen-bond donors (Lipinski definition) is 2. The number of H-pyrrole nitrogens is 1. The van der Waals surface area contributed by atoms with Gasteiger partial charge in [0.25, 0.3) is 10.0 Å². The van der Waals surface area contributed by atoms with E-state index < -0.39 is 28.3 Å². The maximum Gasteiger partial charge on any atom is 0.268 e. The zero-order valence-corrected chi connectivity index (χ0v) is 18.6. The summed E-state index contributed by atoms with van der Waals surface area (Å²) in [5, 5.41) is 9.20. The van der Waals surface area contributed by atoms with Crippen molar-refractivity contribution in [3.63, 3.8) is 0 Å². The predicted octanol–water partition coefficient (Wildman–Crippen LogP) is 4.12. The summed E-state index contributed by atoms with van der Waals surface area (Å²) >= 11 is 0. The summed E-state index contributed by atoms with van der Waals surface area (Å²) in [6.07, 6.45) is 0. The van der Waals surface area contributed by atoms with Gasteiger partial charge >= 0.3 is 0 Å². The highest BCUT2D eigenvalue weighted by molar-refractivity contribution is 7.93. The number of rotatable bonds is 7. The lowest BCUT2D eigenvalue weighted by molar-refractivity contribution is -0.114. The molecule has 9 heteroatoms. The molecule has 0 radical (unpaired) electrons. The molecule has 0 saturated carbocycles. The molecule has 3 aromatic rings. The van der Waals surface area contributed by atoms with Crippen LogP contribution in [0.5, 0.6) is 0 Å². The molecule has 1 aromatic heterocycles. The molecule has 0 bridgehead atoms. The number of hydrogen-bond acceptors (Lipinski definition) is 4. The molecule has 1 amide bonds. The topological polar surface area (TPSA) is 95.2 Å². The highest BCUT2D eigenvalue weighted by Gasteiger charge is 2.31. The van der Waals surface area contributed by atoms with E-state index in [0.717, 1.165) is 9.87 Å². The smallest absolute Gasteiger partial charge is 0.268 e. The fourth-order valence-corrected chi connectivity index (χ4v) is 5.03. The van der Waals surface area contributed by atoms with Crippen molar-refractivity contribution in [2.75, 3.05) is 16.2 Å². The summed E-state index contributed by atoms with van der Waals surface area (Å²) in [6, 6.07) is 12.4. The lowest BCUT2D eigenvalue weighted by Crippen LogP contribution is -2.38. The molecular weight excluding hydrogens is 419 g/mol. The number of carbonyl (C=O) groups excluding carboxylic acids is 1. The number of benzene rings is 2. The van der Waals surface area contributed by atoms with Gasteiger partial charge in [0.05, 0.1) is 17.1 Å². The van der Waals surface area contributed by atoms with Gasteiger partial charge in [0.2, 0.25) is 5.91 Å². The molecule has 2 N–H and O–H groups in total. The Hall–Kier alpha value is -3.20. The van der Waals surface area contributed by atoms with Crippen LogP contribution in [0, 0.1) is 19.7 Å². The molecule has 0 aliphatic carbocycles. The van der Waals surface area contributed by atoms with Crippen molar-refractivity contribution in [3.05, 3.63) is 71.3 Å². The molecule has 0 aliphatic heterocycles. The molecule has 0 fully saturated rings. The van der Waals surface area contributed by atoms with Crippen LogP contribution < -0.4 is 9.62 Å². The van der Waals surface area contributed by atoms with Crippen LogP contribution in [-0.4, -0.2) is 31.1 Å². The second-order valence-corrected chi connectivity index (χ2v) is 9.38. The molecule has 7 nitrogen and oxygen atoms in total. The van der Waals surface area contributed by atoms with E-state index >= 15 is 0 Å². The molecule has 164 valence electrons. The highest BCUT2D eigenvalue weighted by atomic mass is 32.2. The fourth-order valence-electron chi connectivity index (χ4n) is 3.27. The van der Waals surface area contributed by atoms with Gasteiger partial charge in [-0.25, -0.2) is 12.8 Å². The van der Waals surface area contributed by atoms with Crippen molar-refractivity contribution in [2.45, 2.75) is 38.5 Å². The molecule has 0 saturated heterocycles. The van der Waals surface area contributed by atoms with Crippen LogP contribution in [0.3, 0.4) is 0 Å². The maximum absolute atomic E-state index is 13.5. The fraction of sp³-hybridized carbons (Fsp3) is 0.273. The Morgan fingerprint density at radius 1 is 1.16 bits per heavy atom. The van der Waals surface area contributed by atoms with E-state index in [1.54, 1.807) is 26.0 Å². The number of nitrogens with one attached hydrogen (secondary N) is 2. The van der Waals surface area contributed by atoms with Gasteiger partial charge in [0.15, 0.2) is 0 Å². The first kappa shape index (κ1) is 22.5. The number of anilines is 2. The Morgan fingerprint density at radius 2 is 1.84 bits per heavy atom. The Morgan fingerprint density at radius 3 is 2.39 bits per heavy atom. The maximum atomic E-state index is 13.5. The van der Waals surface area contributed by atoms with Gasteiger partial charge in [0.1, 0.15) is 17.3 Å². The van der Waals surface area contributed by atoms with Crippen molar-refractivity contribution in [2.24, 2.45) is 0 Å². The summed E-state index contributed by atoms with van der Waals surface area (Å²) in [6.45, 7) is 6.79. The number of aryl methyl sites for hydroxylation is 2. The zero-order chi connectivity index (χ0) is 22.8. The quantitative estimate of drug-likeness (QED) is 0.573. The number of sulfonamides is 1. The largest absolute Gasteiger partial charge is 0.324 e. The third kappa shape index (κ3) is 4.93.